The third kappa shape index (κ3) is 2.64. The number of alkyl halides is 1. The number of hydrogen-bond acceptors (Lipinski definition) is 2. The molecule has 2 nitrogen and oxygen atoms in total. The Morgan fingerprint density at radius 3 is 2.15 bits per heavy atom. The molecule has 0 aromatic rings. The highest BCUT2D eigenvalue weighted by Crippen LogP contribution is 2.21. The Balaban J connectivity index is 0.000000396. The second-order valence-corrected chi connectivity index (χ2v) is 3.76. The molecule has 0 amide bonds. The van der Waals surface area contributed by atoms with E-state index in [-0.39, 0.29) is 0 Å². The number of rotatable bonds is 1. The lowest BCUT2D eigenvalue weighted by atomic mass is 10.1. The van der Waals surface area contributed by atoms with Gasteiger partial charge in [0.05, 0.1) is 0 Å². The first-order valence-corrected chi connectivity index (χ1v) is 5.32. The van der Waals surface area contributed by atoms with Crippen LogP contribution in [-0.2, 0) is 0 Å². The number of likely N-dealkylation sites (tertiary alicyclic amines) is 2. The first-order valence-electron chi connectivity index (χ1n) is 5.32. The smallest absolute Gasteiger partial charge is 0.125 e. The second-order valence-electron chi connectivity index (χ2n) is 3.76. The van der Waals surface area contributed by atoms with Gasteiger partial charge in [-0.2, -0.15) is 0 Å². The Bertz CT molecular complexity index is 146. The van der Waals surface area contributed by atoms with E-state index in [9.17, 15) is 4.39 Å². The van der Waals surface area contributed by atoms with Gasteiger partial charge in [-0.1, -0.05) is 13.8 Å². The van der Waals surface area contributed by atoms with Gasteiger partial charge in [-0.3, -0.25) is 4.90 Å². The topological polar surface area (TPSA) is 6.48 Å². The number of likely N-dealkylation sites (N-methyl/N-ethyl adjacent to an activating group) is 1. The van der Waals surface area contributed by atoms with Gasteiger partial charge in [0, 0.05) is 25.7 Å². The number of halogens is 1. The van der Waals surface area contributed by atoms with Gasteiger partial charge in [0.1, 0.15) is 6.17 Å². The van der Waals surface area contributed by atoms with E-state index in [4.69, 9.17) is 0 Å². The molecule has 1 unspecified atom stereocenters. The Labute approximate surface area is 80.7 Å². The van der Waals surface area contributed by atoms with Gasteiger partial charge in [-0.05, 0) is 20.0 Å². The molecule has 0 spiro atoms. The quantitative estimate of drug-likeness (QED) is 0.613. The van der Waals surface area contributed by atoms with Crippen LogP contribution in [0.3, 0.4) is 0 Å². The molecule has 3 heteroatoms. The van der Waals surface area contributed by atoms with E-state index in [1.807, 2.05) is 13.8 Å². The molecule has 13 heavy (non-hydrogen) atoms. The largest absolute Gasteiger partial charge is 0.305 e. The third-order valence-corrected chi connectivity index (χ3v) is 2.75. The third-order valence-electron chi connectivity index (χ3n) is 2.75. The molecule has 0 radical (unpaired) electrons. The molecular weight excluding hydrogens is 167 g/mol. The number of hydrogen-bond donors (Lipinski definition) is 0. The Morgan fingerprint density at radius 1 is 1.15 bits per heavy atom. The van der Waals surface area contributed by atoms with Crippen LogP contribution in [0.1, 0.15) is 20.3 Å². The van der Waals surface area contributed by atoms with E-state index in [1.165, 1.54) is 13.0 Å². The fourth-order valence-electron chi connectivity index (χ4n) is 1.96. The van der Waals surface area contributed by atoms with Gasteiger partial charge in [-0.15, -0.1) is 0 Å². The predicted octanol–water partition coefficient (Wildman–Crippen LogP) is 1.37. The van der Waals surface area contributed by atoms with Crippen molar-refractivity contribution in [1.29, 1.82) is 0 Å². The minimum atomic E-state index is -0.541. The van der Waals surface area contributed by atoms with Crippen molar-refractivity contribution in [2.45, 2.75) is 32.5 Å². The molecule has 0 N–H and O–H groups in total. The van der Waals surface area contributed by atoms with Crippen molar-refractivity contribution in [1.82, 2.24) is 9.80 Å². The van der Waals surface area contributed by atoms with Crippen LogP contribution in [-0.4, -0.2) is 55.2 Å². The van der Waals surface area contributed by atoms with Crippen molar-refractivity contribution < 1.29 is 4.39 Å². The molecule has 2 saturated heterocycles. The number of nitrogens with zero attached hydrogens (tertiary/aromatic N) is 2. The molecule has 0 aromatic carbocycles. The summed E-state index contributed by atoms with van der Waals surface area (Å²) >= 11 is 0. The van der Waals surface area contributed by atoms with Crippen LogP contribution in [0.2, 0.25) is 0 Å². The van der Waals surface area contributed by atoms with Gasteiger partial charge in [0.25, 0.3) is 0 Å². The molecule has 0 aliphatic carbocycles. The maximum Gasteiger partial charge on any atom is 0.125 e. The summed E-state index contributed by atoms with van der Waals surface area (Å²) < 4.78 is 12.5. The lowest BCUT2D eigenvalue weighted by Gasteiger charge is -2.38. The lowest BCUT2D eigenvalue weighted by Crippen LogP contribution is -2.54. The van der Waals surface area contributed by atoms with Crippen LogP contribution in [0.15, 0.2) is 0 Å². The molecular formula is C10H21FN2. The van der Waals surface area contributed by atoms with Crippen molar-refractivity contribution in [3.05, 3.63) is 0 Å². The molecule has 78 valence electrons. The van der Waals surface area contributed by atoms with Gasteiger partial charge in [-0.25, -0.2) is 4.39 Å². The fraction of sp³-hybridized carbons (Fsp3) is 1.00. The summed E-state index contributed by atoms with van der Waals surface area (Å²) in [5.41, 5.74) is 0. The highest BCUT2D eigenvalue weighted by Gasteiger charge is 2.34. The molecule has 0 bridgehead atoms. The van der Waals surface area contributed by atoms with Crippen LogP contribution in [0.4, 0.5) is 4.39 Å². The fourth-order valence-corrected chi connectivity index (χ4v) is 1.96. The molecule has 0 aromatic heterocycles. The van der Waals surface area contributed by atoms with Gasteiger partial charge in [0.2, 0.25) is 0 Å². The average Bonchev–Trinajstić information content (AvgIpc) is 2.50. The molecule has 2 heterocycles. The predicted molar refractivity (Wildman–Crippen MR) is 53.7 cm³/mol. The summed E-state index contributed by atoms with van der Waals surface area (Å²) in [5.74, 6) is 0. The summed E-state index contributed by atoms with van der Waals surface area (Å²) in [6.07, 6.45) is 0.685. The first-order chi connectivity index (χ1) is 6.25. The van der Waals surface area contributed by atoms with E-state index >= 15 is 0 Å². The average molecular weight is 188 g/mol. The van der Waals surface area contributed by atoms with Gasteiger partial charge < -0.3 is 4.90 Å². The highest BCUT2D eigenvalue weighted by atomic mass is 19.1. The molecule has 1 atom stereocenters. The molecule has 2 fully saturated rings. The van der Waals surface area contributed by atoms with Crippen molar-refractivity contribution in [2.75, 3.05) is 33.2 Å². The SMILES string of the molecule is CC.CN1CCC(N2CC(F)C2)C1. The first kappa shape index (κ1) is 10.9. The van der Waals surface area contributed by atoms with E-state index in [0.717, 1.165) is 6.54 Å². The Hall–Kier alpha value is -0.150. The minimum Gasteiger partial charge on any atom is -0.305 e. The van der Waals surface area contributed by atoms with E-state index in [1.54, 1.807) is 0 Å². The normalized spacial score (nSPS) is 30.9. The molecule has 2 aliphatic rings. The van der Waals surface area contributed by atoms with Crippen LogP contribution in [0.5, 0.6) is 0 Å². The molecule has 2 rings (SSSR count). The maximum absolute atomic E-state index is 12.5. The summed E-state index contributed by atoms with van der Waals surface area (Å²) in [7, 11) is 2.13. The monoisotopic (exact) mass is 188 g/mol. The lowest BCUT2D eigenvalue weighted by molar-refractivity contribution is 0.0312. The van der Waals surface area contributed by atoms with Gasteiger partial charge in [0.15, 0.2) is 0 Å². The van der Waals surface area contributed by atoms with Crippen LogP contribution in [0.25, 0.3) is 0 Å². The van der Waals surface area contributed by atoms with E-state index in [2.05, 4.69) is 16.8 Å². The van der Waals surface area contributed by atoms with E-state index < -0.39 is 6.17 Å². The molecule has 2 aliphatic heterocycles. The summed E-state index contributed by atoms with van der Waals surface area (Å²) in [4.78, 5) is 4.57. The van der Waals surface area contributed by atoms with Crippen LogP contribution in [0, 0.1) is 0 Å². The minimum absolute atomic E-state index is 0.541. The van der Waals surface area contributed by atoms with E-state index in [0.29, 0.717) is 19.1 Å². The van der Waals surface area contributed by atoms with Gasteiger partial charge >= 0.3 is 0 Å². The van der Waals surface area contributed by atoms with Crippen molar-refractivity contribution in [3.63, 3.8) is 0 Å². The van der Waals surface area contributed by atoms with Crippen molar-refractivity contribution in [3.8, 4) is 0 Å². The van der Waals surface area contributed by atoms with Crippen LogP contribution >= 0.6 is 0 Å². The summed E-state index contributed by atoms with van der Waals surface area (Å²) in [5, 5.41) is 0. The Kier molecular flexibility index (Phi) is 4.13. The molecule has 0 saturated carbocycles. The zero-order valence-corrected chi connectivity index (χ0v) is 8.96. The maximum atomic E-state index is 12.5. The second kappa shape index (κ2) is 4.91. The zero-order chi connectivity index (χ0) is 9.84. The van der Waals surface area contributed by atoms with Crippen LogP contribution < -0.4 is 0 Å². The van der Waals surface area contributed by atoms with Crippen molar-refractivity contribution >= 4 is 0 Å². The zero-order valence-electron chi connectivity index (χ0n) is 8.96. The van der Waals surface area contributed by atoms with Crippen molar-refractivity contribution in [2.24, 2.45) is 0 Å². The standard InChI is InChI=1S/C8H15FN2.C2H6/c1-10-3-2-8(6-10)11-4-7(9)5-11;1-2/h7-8H,2-6H2,1H3;1-2H3. The Morgan fingerprint density at radius 2 is 1.77 bits per heavy atom. The summed E-state index contributed by atoms with van der Waals surface area (Å²) in [6, 6.07) is 0.645. The highest BCUT2D eigenvalue weighted by molar-refractivity contribution is 4.89. The summed E-state index contributed by atoms with van der Waals surface area (Å²) in [6.45, 7) is 7.67.